The summed E-state index contributed by atoms with van der Waals surface area (Å²) in [4.78, 5) is 23.6. The van der Waals surface area contributed by atoms with Gasteiger partial charge in [-0.25, -0.2) is 9.97 Å². The van der Waals surface area contributed by atoms with E-state index in [2.05, 4.69) is 46.5 Å². The lowest BCUT2D eigenvalue weighted by atomic mass is 10.2. The Morgan fingerprint density at radius 1 is 1.08 bits per heavy atom. The van der Waals surface area contributed by atoms with Gasteiger partial charge in [0.05, 0.1) is 0 Å². The van der Waals surface area contributed by atoms with Crippen molar-refractivity contribution in [3.8, 4) is 11.4 Å². The number of hydrogen-bond donors (Lipinski definition) is 2. The predicted octanol–water partition coefficient (Wildman–Crippen LogP) is 3.04. The van der Waals surface area contributed by atoms with Crippen molar-refractivity contribution < 1.29 is 4.79 Å². The van der Waals surface area contributed by atoms with E-state index in [9.17, 15) is 4.79 Å². The molecule has 26 heavy (non-hydrogen) atoms. The van der Waals surface area contributed by atoms with Crippen molar-refractivity contribution in [3.63, 3.8) is 0 Å². The Morgan fingerprint density at radius 3 is 2.54 bits per heavy atom. The zero-order chi connectivity index (χ0) is 18.8. The Balaban J connectivity index is 2.17. The highest BCUT2D eigenvalue weighted by Gasteiger charge is 2.12. The molecule has 140 valence electrons. The Hall–Kier alpha value is -2.47. The van der Waals surface area contributed by atoms with Gasteiger partial charge in [0.15, 0.2) is 5.82 Å². The molecule has 0 unspecified atom stereocenters. The van der Waals surface area contributed by atoms with Crippen LogP contribution >= 0.6 is 0 Å². The first kappa shape index (κ1) is 19.8. The second-order valence-electron chi connectivity index (χ2n) is 6.52. The first-order chi connectivity index (χ1) is 12.6. The molecule has 1 aromatic carbocycles. The van der Waals surface area contributed by atoms with Crippen LogP contribution in [-0.4, -0.2) is 54.5 Å². The summed E-state index contributed by atoms with van der Waals surface area (Å²) in [6.07, 6.45) is 2.99. The SMILES string of the molecule is CCCCNC(=O)c1cc(NCCCN(C)C)nc(-c2ccccc2)n1. The molecule has 0 spiro atoms. The van der Waals surface area contributed by atoms with E-state index in [-0.39, 0.29) is 5.91 Å². The molecule has 2 aromatic rings. The van der Waals surface area contributed by atoms with Gasteiger partial charge in [-0.2, -0.15) is 0 Å². The van der Waals surface area contributed by atoms with E-state index in [4.69, 9.17) is 0 Å². The fourth-order valence-electron chi connectivity index (χ4n) is 2.45. The monoisotopic (exact) mass is 355 g/mol. The molecule has 6 nitrogen and oxygen atoms in total. The lowest BCUT2D eigenvalue weighted by Gasteiger charge is -2.12. The van der Waals surface area contributed by atoms with Crippen LogP contribution in [0.1, 0.15) is 36.7 Å². The second-order valence-corrected chi connectivity index (χ2v) is 6.52. The highest BCUT2D eigenvalue weighted by molar-refractivity contribution is 5.93. The summed E-state index contributed by atoms with van der Waals surface area (Å²) in [5, 5.41) is 6.24. The first-order valence-electron chi connectivity index (χ1n) is 9.21. The van der Waals surface area contributed by atoms with Crippen molar-refractivity contribution in [3.05, 3.63) is 42.1 Å². The third kappa shape index (κ3) is 6.44. The minimum Gasteiger partial charge on any atom is -0.370 e. The highest BCUT2D eigenvalue weighted by Crippen LogP contribution is 2.18. The van der Waals surface area contributed by atoms with Crippen LogP contribution in [0.15, 0.2) is 36.4 Å². The number of nitrogens with zero attached hydrogens (tertiary/aromatic N) is 3. The fraction of sp³-hybridized carbons (Fsp3) is 0.450. The van der Waals surface area contributed by atoms with E-state index in [1.807, 2.05) is 30.3 Å². The Kier molecular flexibility index (Phi) is 8.02. The van der Waals surface area contributed by atoms with E-state index in [0.29, 0.717) is 23.9 Å². The number of nitrogens with one attached hydrogen (secondary N) is 2. The third-order valence-electron chi connectivity index (χ3n) is 3.89. The molecule has 1 heterocycles. The average Bonchev–Trinajstić information content (AvgIpc) is 2.65. The quantitative estimate of drug-likeness (QED) is 0.641. The number of benzene rings is 1. The number of hydrogen-bond acceptors (Lipinski definition) is 5. The molecule has 0 radical (unpaired) electrons. The molecule has 2 rings (SSSR count). The van der Waals surface area contributed by atoms with Gasteiger partial charge < -0.3 is 15.5 Å². The van der Waals surface area contributed by atoms with E-state index < -0.39 is 0 Å². The van der Waals surface area contributed by atoms with E-state index in [1.54, 1.807) is 6.07 Å². The van der Waals surface area contributed by atoms with Gasteiger partial charge in [-0.15, -0.1) is 0 Å². The number of carbonyl (C=O) groups excluding carboxylic acids is 1. The van der Waals surface area contributed by atoms with Crippen LogP contribution in [0.5, 0.6) is 0 Å². The second kappa shape index (κ2) is 10.5. The third-order valence-corrected chi connectivity index (χ3v) is 3.89. The van der Waals surface area contributed by atoms with E-state index in [1.165, 1.54) is 0 Å². The maximum atomic E-state index is 12.4. The molecular formula is C20H29N5O. The van der Waals surface area contributed by atoms with Crippen molar-refractivity contribution in [2.45, 2.75) is 26.2 Å². The van der Waals surface area contributed by atoms with Crippen molar-refractivity contribution in [1.82, 2.24) is 20.2 Å². The summed E-state index contributed by atoms with van der Waals surface area (Å²) in [7, 11) is 4.11. The van der Waals surface area contributed by atoms with Gasteiger partial charge in [0.1, 0.15) is 11.5 Å². The first-order valence-corrected chi connectivity index (χ1v) is 9.21. The van der Waals surface area contributed by atoms with Gasteiger partial charge in [0.25, 0.3) is 5.91 Å². The lowest BCUT2D eigenvalue weighted by Crippen LogP contribution is -2.26. The minimum atomic E-state index is -0.158. The standard InChI is InChI=1S/C20H29N5O/c1-4-5-12-22-20(26)17-15-18(21-13-9-14-25(2)3)24-19(23-17)16-10-7-6-8-11-16/h6-8,10-11,15H,4-5,9,12-14H2,1-3H3,(H,22,26)(H,21,23,24). The molecule has 0 saturated heterocycles. The summed E-state index contributed by atoms with van der Waals surface area (Å²) in [6, 6.07) is 11.5. The van der Waals surface area contributed by atoms with Crippen molar-refractivity contribution in [2.24, 2.45) is 0 Å². The number of amides is 1. The molecule has 1 aromatic heterocycles. The van der Waals surface area contributed by atoms with Gasteiger partial charge >= 0.3 is 0 Å². The summed E-state index contributed by atoms with van der Waals surface area (Å²) in [6.45, 7) is 4.54. The molecule has 0 aliphatic carbocycles. The van der Waals surface area contributed by atoms with Gasteiger partial charge in [0.2, 0.25) is 0 Å². The lowest BCUT2D eigenvalue weighted by molar-refractivity contribution is 0.0948. The van der Waals surface area contributed by atoms with Crippen molar-refractivity contribution in [1.29, 1.82) is 0 Å². The maximum absolute atomic E-state index is 12.4. The van der Waals surface area contributed by atoms with Gasteiger partial charge in [-0.1, -0.05) is 43.7 Å². The van der Waals surface area contributed by atoms with E-state index in [0.717, 1.165) is 37.9 Å². The molecule has 0 fully saturated rings. The number of aromatic nitrogens is 2. The topological polar surface area (TPSA) is 70.2 Å². The molecular weight excluding hydrogens is 326 g/mol. The molecule has 2 N–H and O–H groups in total. The van der Waals surface area contributed by atoms with Crippen LogP contribution in [0.4, 0.5) is 5.82 Å². The average molecular weight is 355 g/mol. The summed E-state index contributed by atoms with van der Waals surface area (Å²) in [5.41, 5.74) is 1.29. The number of unbranched alkanes of at least 4 members (excludes halogenated alkanes) is 1. The van der Waals surface area contributed by atoms with Crippen LogP contribution in [0.25, 0.3) is 11.4 Å². The van der Waals surface area contributed by atoms with Gasteiger partial charge in [-0.3, -0.25) is 4.79 Å². The van der Waals surface area contributed by atoms with Crippen LogP contribution in [0.2, 0.25) is 0 Å². The predicted molar refractivity (Wildman–Crippen MR) is 106 cm³/mol. The van der Waals surface area contributed by atoms with Crippen LogP contribution < -0.4 is 10.6 Å². The Morgan fingerprint density at radius 2 is 1.85 bits per heavy atom. The van der Waals surface area contributed by atoms with Gasteiger partial charge in [-0.05, 0) is 33.5 Å². The molecule has 1 amide bonds. The van der Waals surface area contributed by atoms with Crippen LogP contribution in [-0.2, 0) is 0 Å². The fourth-order valence-corrected chi connectivity index (χ4v) is 2.45. The molecule has 0 aliphatic heterocycles. The zero-order valence-electron chi connectivity index (χ0n) is 16.0. The molecule has 0 saturated carbocycles. The number of carbonyl (C=O) groups is 1. The summed E-state index contributed by atoms with van der Waals surface area (Å²) < 4.78 is 0. The summed E-state index contributed by atoms with van der Waals surface area (Å²) >= 11 is 0. The smallest absolute Gasteiger partial charge is 0.270 e. The minimum absolute atomic E-state index is 0.158. The maximum Gasteiger partial charge on any atom is 0.270 e. The largest absolute Gasteiger partial charge is 0.370 e. The van der Waals surface area contributed by atoms with E-state index >= 15 is 0 Å². The zero-order valence-corrected chi connectivity index (χ0v) is 16.0. The Bertz CT molecular complexity index is 688. The van der Waals surface area contributed by atoms with Crippen molar-refractivity contribution in [2.75, 3.05) is 39.0 Å². The number of anilines is 1. The highest BCUT2D eigenvalue weighted by atomic mass is 16.1. The molecule has 0 atom stereocenters. The molecule has 6 heteroatoms. The van der Waals surface area contributed by atoms with Gasteiger partial charge in [0, 0.05) is 24.7 Å². The number of rotatable bonds is 10. The van der Waals surface area contributed by atoms with Crippen LogP contribution in [0.3, 0.4) is 0 Å². The Labute approximate surface area is 156 Å². The van der Waals surface area contributed by atoms with Crippen molar-refractivity contribution >= 4 is 11.7 Å². The summed E-state index contributed by atoms with van der Waals surface area (Å²) in [5.74, 6) is 1.08. The normalized spacial score (nSPS) is 10.8. The van der Waals surface area contributed by atoms with Crippen LogP contribution in [0, 0.1) is 0 Å². The molecule has 0 bridgehead atoms. The molecule has 0 aliphatic rings.